The average molecular weight is 193 g/mol. The Bertz CT molecular complexity index is 288. The van der Waals surface area contributed by atoms with Gasteiger partial charge in [-0.25, -0.2) is 0 Å². The van der Waals surface area contributed by atoms with Crippen molar-refractivity contribution >= 4 is 5.91 Å². The molecule has 2 heterocycles. The first-order valence-corrected chi connectivity index (χ1v) is 5.00. The fraction of sp³-hybridized carbons (Fsp3) is 0.500. The lowest BCUT2D eigenvalue weighted by Gasteiger charge is -2.23. The van der Waals surface area contributed by atoms with Crippen molar-refractivity contribution in [3.63, 3.8) is 0 Å². The number of piperidine rings is 1. The van der Waals surface area contributed by atoms with Gasteiger partial charge in [-0.1, -0.05) is 0 Å². The minimum absolute atomic E-state index is 0.0138. The van der Waals surface area contributed by atoms with Crippen molar-refractivity contribution in [2.75, 3.05) is 13.1 Å². The van der Waals surface area contributed by atoms with E-state index < -0.39 is 0 Å². The van der Waals surface area contributed by atoms with Gasteiger partial charge in [0.1, 0.15) is 0 Å². The Morgan fingerprint density at radius 1 is 1.57 bits per heavy atom. The van der Waals surface area contributed by atoms with E-state index in [0.717, 1.165) is 25.9 Å². The summed E-state index contributed by atoms with van der Waals surface area (Å²) in [4.78, 5) is 14.5. The average Bonchev–Trinajstić information content (AvgIpc) is 2.72. The SMILES string of the molecule is O=C(N[C@H]1CCCNC1)c1cc[nH]c1. The highest BCUT2D eigenvalue weighted by Gasteiger charge is 2.15. The Hall–Kier alpha value is -1.29. The largest absolute Gasteiger partial charge is 0.367 e. The van der Waals surface area contributed by atoms with Gasteiger partial charge in [-0.2, -0.15) is 0 Å². The van der Waals surface area contributed by atoms with Crippen LogP contribution in [-0.4, -0.2) is 30.0 Å². The van der Waals surface area contributed by atoms with Crippen LogP contribution in [0.4, 0.5) is 0 Å². The number of aromatic nitrogens is 1. The summed E-state index contributed by atoms with van der Waals surface area (Å²) in [6.07, 6.45) is 5.68. The summed E-state index contributed by atoms with van der Waals surface area (Å²) in [6.45, 7) is 1.95. The first-order chi connectivity index (χ1) is 6.86. The van der Waals surface area contributed by atoms with Crippen LogP contribution in [-0.2, 0) is 0 Å². The predicted molar refractivity (Wildman–Crippen MR) is 54.2 cm³/mol. The molecule has 0 aliphatic carbocycles. The number of hydrogen-bond donors (Lipinski definition) is 3. The van der Waals surface area contributed by atoms with Crippen molar-refractivity contribution in [1.29, 1.82) is 0 Å². The molecule has 0 spiro atoms. The van der Waals surface area contributed by atoms with E-state index >= 15 is 0 Å². The molecule has 0 unspecified atom stereocenters. The lowest BCUT2D eigenvalue weighted by atomic mass is 10.1. The van der Waals surface area contributed by atoms with E-state index in [1.165, 1.54) is 0 Å². The van der Waals surface area contributed by atoms with Crippen molar-refractivity contribution in [2.24, 2.45) is 0 Å². The van der Waals surface area contributed by atoms with Gasteiger partial charge in [0.2, 0.25) is 0 Å². The Kier molecular flexibility index (Phi) is 2.84. The molecule has 3 N–H and O–H groups in total. The third kappa shape index (κ3) is 2.14. The van der Waals surface area contributed by atoms with E-state index in [1.54, 1.807) is 18.5 Å². The summed E-state index contributed by atoms with van der Waals surface area (Å²) >= 11 is 0. The normalized spacial score (nSPS) is 21.9. The van der Waals surface area contributed by atoms with Gasteiger partial charge >= 0.3 is 0 Å². The van der Waals surface area contributed by atoms with E-state index in [1.807, 2.05) is 0 Å². The number of amides is 1. The first kappa shape index (κ1) is 9.27. The predicted octanol–water partition coefficient (Wildman–Crippen LogP) is 0.496. The molecule has 1 aromatic heterocycles. The zero-order valence-corrected chi connectivity index (χ0v) is 8.05. The van der Waals surface area contributed by atoms with E-state index in [-0.39, 0.29) is 11.9 Å². The summed E-state index contributed by atoms with van der Waals surface area (Å²) in [7, 11) is 0. The van der Waals surface area contributed by atoms with Gasteiger partial charge < -0.3 is 15.6 Å². The van der Waals surface area contributed by atoms with Crippen LogP contribution in [0, 0.1) is 0 Å². The van der Waals surface area contributed by atoms with Crippen LogP contribution in [0.15, 0.2) is 18.5 Å². The molecule has 2 rings (SSSR count). The molecule has 1 aromatic rings. The molecule has 1 amide bonds. The molecule has 0 radical (unpaired) electrons. The van der Waals surface area contributed by atoms with E-state index in [4.69, 9.17) is 0 Å². The van der Waals surface area contributed by atoms with Gasteiger partial charge in [0.25, 0.3) is 5.91 Å². The fourth-order valence-electron chi connectivity index (χ4n) is 1.71. The van der Waals surface area contributed by atoms with Gasteiger partial charge in [0.05, 0.1) is 5.56 Å². The van der Waals surface area contributed by atoms with Crippen LogP contribution in [0.3, 0.4) is 0 Å². The molecule has 4 nitrogen and oxygen atoms in total. The van der Waals surface area contributed by atoms with E-state index in [9.17, 15) is 4.79 Å². The molecule has 1 atom stereocenters. The standard InChI is InChI=1S/C10H15N3O/c14-10(8-3-5-12-6-8)13-9-2-1-4-11-7-9/h3,5-6,9,11-12H,1-2,4,7H2,(H,13,14)/t9-/m0/s1. The van der Waals surface area contributed by atoms with Crippen molar-refractivity contribution < 1.29 is 4.79 Å². The summed E-state index contributed by atoms with van der Waals surface area (Å²) in [5, 5.41) is 6.26. The van der Waals surface area contributed by atoms with Crippen LogP contribution in [0.25, 0.3) is 0 Å². The molecular weight excluding hydrogens is 178 g/mol. The third-order valence-electron chi connectivity index (χ3n) is 2.49. The zero-order chi connectivity index (χ0) is 9.80. The molecule has 14 heavy (non-hydrogen) atoms. The fourth-order valence-corrected chi connectivity index (χ4v) is 1.71. The lowest BCUT2D eigenvalue weighted by Crippen LogP contribution is -2.45. The number of aromatic amines is 1. The molecule has 1 aliphatic heterocycles. The van der Waals surface area contributed by atoms with Gasteiger partial charge in [-0.15, -0.1) is 0 Å². The van der Waals surface area contributed by atoms with Crippen molar-refractivity contribution in [3.8, 4) is 0 Å². The number of rotatable bonds is 2. The van der Waals surface area contributed by atoms with Crippen molar-refractivity contribution in [1.82, 2.24) is 15.6 Å². The number of carbonyl (C=O) groups excluding carboxylic acids is 1. The molecule has 1 fully saturated rings. The molecule has 4 heteroatoms. The van der Waals surface area contributed by atoms with Crippen LogP contribution in [0.5, 0.6) is 0 Å². The van der Waals surface area contributed by atoms with Crippen LogP contribution in [0.1, 0.15) is 23.2 Å². The monoisotopic (exact) mass is 193 g/mol. The Morgan fingerprint density at radius 2 is 2.50 bits per heavy atom. The van der Waals surface area contributed by atoms with Gasteiger partial charge in [-0.05, 0) is 25.5 Å². The molecular formula is C10H15N3O. The second-order valence-corrected chi connectivity index (χ2v) is 3.62. The van der Waals surface area contributed by atoms with Crippen LogP contribution in [0.2, 0.25) is 0 Å². The Balaban J connectivity index is 1.87. The molecule has 1 aliphatic rings. The highest BCUT2D eigenvalue weighted by molar-refractivity contribution is 5.94. The maximum atomic E-state index is 11.6. The van der Waals surface area contributed by atoms with Crippen molar-refractivity contribution in [2.45, 2.75) is 18.9 Å². The number of H-pyrrole nitrogens is 1. The molecule has 0 bridgehead atoms. The van der Waals surface area contributed by atoms with E-state index in [0.29, 0.717) is 5.56 Å². The summed E-state index contributed by atoms with van der Waals surface area (Å²) in [5.41, 5.74) is 0.704. The minimum Gasteiger partial charge on any atom is -0.367 e. The second-order valence-electron chi connectivity index (χ2n) is 3.62. The number of nitrogens with one attached hydrogen (secondary N) is 3. The van der Waals surface area contributed by atoms with Crippen LogP contribution >= 0.6 is 0 Å². The number of hydrogen-bond acceptors (Lipinski definition) is 2. The van der Waals surface area contributed by atoms with Crippen LogP contribution < -0.4 is 10.6 Å². The molecule has 0 saturated carbocycles. The second kappa shape index (κ2) is 4.28. The van der Waals surface area contributed by atoms with Crippen molar-refractivity contribution in [3.05, 3.63) is 24.0 Å². The Morgan fingerprint density at radius 3 is 3.14 bits per heavy atom. The smallest absolute Gasteiger partial charge is 0.253 e. The maximum Gasteiger partial charge on any atom is 0.253 e. The zero-order valence-electron chi connectivity index (χ0n) is 8.05. The molecule has 0 aromatic carbocycles. The third-order valence-corrected chi connectivity index (χ3v) is 2.49. The van der Waals surface area contributed by atoms with Gasteiger partial charge in [-0.3, -0.25) is 4.79 Å². The minimum atomic E-state index is 0.0138. The van der Waals surface area contributed by atoms with Gasteiger partial charge in [0, 0.05) is 25.0 Å². The lowest BCUT2D eigenvalue weighted by molar-refractivity contribution is 0.0931. The molecule has 1 saturated heterocycles. The summed E-state index contributed by atoms with van der Waals surface area (Å²) in [6, 6.07) is 2.07. The quantitative estimate of drug-likeness (QED) is 0.640. The molecule has 76 valence electrons. The Labute approximate surface area is 83.1 Å². The maximum absolute atomic E-state index is 11.6. The topological polar surface area (TPSA) is 56.9 Å². The first-order valence-electron chi connectivity index (χ1n) is 5.00. The summed E-state index contributed by atoms with van der Waals surface area (Å²) in [5.74, 6) is 0.0138. The highest BCUT2D eigenvalue weighted by atomic mass is 16.1. The van der Waals surface area contributed by atoms with E-state index in [2.05, 4.69) is 15.6 Å². The summed E-state index contributed by atoms with van der Waals surface area (Å²) < 4.78 is 0. The highest BCUT2D eigenvalue weighted by Crippen LogP contribution is 2.03. The van der Waals surface area contributed by atoms with Gasteiger partial charge in [0.15, 0.2) is 0 Å². The number of carbonyl (C=O) groups is 1.